The summed E-state index contributed by atoms with van der Waals surface area (Å²) in [5.41, 5.74) is 6.45. The van der Waals surface area contributed by atoms with Crippen molar-refractivity contribution in [1.82, 2.24) is 0 Å². The first kappa shape index (κ1) is 9.05. The lowest BCUT2D eigenvalue weighted by atomic mass is 9.89. The van der Waals surface area contributed by atoms with Gasteiger partial charge in [-0.1, -0.05) is 20.8 Å². The molecule has 11 heavy (non-hydrogen) atoms. The Labute approximate surface area is 70.4 Å². The molecule has 1 saturated carbocycles. The van der Waals surface area contributed by atoms with Crippen molar-refractivity contribution < 1.29 is 0 Å². The van der Waals surface area contributed by atoms with Crippen molar-refractivity contribution in [3.05, 3.63) is 0 Å². The molecule has 1 aliphatic carbocycles. The summed E-state index contributed by atoms with van der Waals surface area (Å²) in [6, 6.07) is 0.381. The summed E-state index contributed by atoms with van der Waals surface area (Å²) in [5.74, 6) is 1.58. The van der Waals surface area contributed by atoms with Crippen LogP contribution in [0.4, 0.5) is 0 Å². The molecular formula is C10H21N. The van der Waals surface area contributed by atoms with Gasteiger partial charge in [0, 0.05) is 6.04 Å². The van der Waals surface area contributed by atoms with E-state index < -0.39 is 0 Å². The molecule has 0 aromatic heterocycles. The van der Waals surface area contributed by atoms with Crippen molar-refractivity contribution in [2.24, 2.45) is 23.0 Å². The van der Waals surface area contributed by atoms with Gasteiger partial charge in [-0.05, 0) is 37.0 Å². The van der Waals surface area contributed by atoms with Gasteiger partial charge in [0.25, 0.3) is 0 Å². The van der Waals surface area contributed by atoms with E-state index in [1.807, 2.05) is 0 Å². The number of hydrogen-bond acceptors (Lipinski definition) is 1. The van der Waals surface area contributed by atoms with Crippen molar-refractivity contribution in [2.45, 2.75) is 46.6 Å². The van der Waals surface area contributed by atoms with Crippen LogP contribution >= 0.6 is 0 Å². The maximum absolute atomic E-state index is 5.91. The van der Waals surface area contributed by atoms with E-state index >= 15 is 0 Å². The molecule has 3 atom stereocenters. The van der Waals surface area contributed by atoms with E-state index in [-0.39, 0.29) is 0 Å². The van der Waals surface area contributed by atoms with Crippen LogP contribution in [0.1, 0.15) is 40.5 Å². The second kappa shape index (κ2) is 2.78. The maximum Gasteiger partial charge on any atom is 0.00415 e. The lowest BCUT2D eigenvalue weighted by Gasteiger charge is -2.20. The van der Waals surface area contributed by atoms with Crippen LogP contribution in [0, 0.1) is 17.3 Å². The zero-order chi connectivity index (χ0) is 8.65. The first-order chi connectivity index (χ1) is 4.92. The highest BCUT2D eigenvalue weighted by molar-refractivity contribution is 4.90. The number of nitrogens with two attached hydrogens (primary N) is 1. The molecule has 0 aliphatic heterocycles. The van der Waals surface area contributed by atoms with Crippen molar-refractivity contribution in [2.75, 3.05) is 0 Å². The van der Waals surface area contributed by atoms with Crippen LogP contribution in [0.25, 0.3) is 0 Å². The molecule has 3 unspecified atom stereocenters. The smallest absolute Gasteiger partial charge is 0.00415 e. The third kappa shape index (κ3) is 1.96. The summed E-state index contributed by atoms with van der Waals surface area (Å²) in [5, 5.41) is 0. The van der Waals surface area contributed by atoms with Gasteiger partial charge in [0.05, 0.1) is 0 Å². The first-order valence-corrected chi connectivity index (χ1v) is 4.68. The summed E-state index contributed by atoms with van der Waals surface area (Å²) >= 11 is 0. The Balaban J connectivity index is 2.59. The van der Waals surface area contributed by atoms with E-state index in [1.165, 1.54) is 12.8 Å². The van der Waals surface area contributed by atoms with E-state index in [0.29, 0.717) is 11.5 Å². The topological polar surface area (TPSA) is 26.0 Å². The highest BCUT2D eigenvalue weighted by Crippen LogP contribution is 2.45. The molecule has 1 aliphatic rings. The molecule has 1 heteroatoms. The molecule has 0 bridgehead atoms. The molecule has 0 amide bonds. The zero-order valence-corrected chi connectivity index (χ0v) is 8.22. The second-order valence-electron chi connectivity index (χ2n) is 5.07. The molecule has 1 nitrogen and oxygen atoms in total. The molecule has 0 heterocycles. The average molecular weight is 155 g/mol. The molecule has 1 fully saturated rings. The molecule has 0 radical (unpaired) electrons. The molecule has 0 aromatic carbocycles. The highest BCUT2D eigenvalue weighted by Gasteiger charge is 2.37. The minimum absolute atomic E-state index is 0.381. The van der Waals surface area contributed by atoms with Crippen molar-refractivity contribution in [3.63, 3.8) is 0 Å². The van der Waals surface area contributed by atoms with Crippen LogP contribution in [0.5, 0.6) is 0 Å². The summed E-state index contributed by atoms with van der Waals surface area (Å²) in [4.78, 5) is 0. The lowest BCUT2D eigenvalue weighted by molar-refractivity contribution is 0.339. The van der Waals surface area contributed by atoms with Crippen LogP contribution < -0.4 is 5.73 Å². The van der Waals surface area contributed by atoms with Crippen molar-refractivity contribution >= 4 is 0 Å². The van der Waals surface area contributed by atoms with Gasteiger partial charge in [0.15, 0.2) is 0 Å². The quantitative estimate of drug-likeness (QED) is 0.618. The van der Waals surface area contributed by atoms with Gasteiger partial charge in [0.2, 0.25) is 0 Å². The SMILES string of the molecule is CC(N)C1CC(C)(C)CC1C. The van der Waals surface area contributed by atoms with Crippen LogP contribution in [-0.2, 0) is 0 Å². The molecule has 66 valence electrons. The minimum atomic E-state index is 0.381. The Bertz CT molecular complexity index is 138. The van der Waals surface area contributed by atoms with Crippen LogP contribution in [-0.4, -0.2) is 6.04 Å². The highest BCUT2D eigenvalue weighted by atomic mass is 14.7. The Morgan fingerprint density at radius 3 is 2.09 bits per heavy atom. The molecule has 1 rings (SSSR count). The summed E-state index contributed by atoms with van der Waals surface area (Å²) in [7, 11) is 0. The summed E-state index contributed by atoms with van der Waals surface area (Å²) in [6.07, 6.45) is 2.66. The van der Waals surface area contributed by atoms with Crippen LogP contribution in [0.2, 0.25) is 0 Å². The molecule has 0 spiro atoms. The predicted octanol–water partition coefficient (Wildman–Crippen LogP) is 2.41. The van der Waals surface area contributed by atoms with Crippen LogP contribution in [0.3, 0.4) is 0 Å². The second-order valence-corrected chi connectivity index (χ2v) is 5.07. The van der Waals surface area contributed by atoms with Crippen molar-refractivity contribution in [1.29, 1.82) is 0 Å². The van der Waals surface area contributed by atoms with Gasteiger partial charge < -0.3 is 5.73 Å². The molecular weight excluding hydrogens is 134 g/mol. The minimum Gasteiger partial charge on any atom is -0.328 e. The summed E-state index contributed by atoms with van der Waals surface area (Å²) in [6.45, 7) is 9.18. The Morgan fingerprint density at radius 2 is 1.91 bits per heavy atom. The monoisotopic (exact) mass is 155 g/mol. The zero-order valence-electron chi connectivity index (χ0n) is 8.22. The molecule has 0 aromatic rings. The van der Waals surface area contributed by atoms with Gasteiger partial charge in [-0.3, -0.25) is 0 Å². The molecule has 0 saturated heterocycles. The predicted molar refractivity (Wildman–Crippen MR) is 49.3 cm³/mol. The van der Waals surface area contributed by atoms with E-state index in [0.717, 1.165) is 11.8 Å². The first-order valence-electron chi connectivity index (χ1n) is 4.68. The van der Waals surface area contributed by atoms with E-state index in [2.05, 4.69) is 27.7 Å². The van der Waals surface area contributed by atoms with Gasteiger partial charge in [-0.2, -0.15) is 0 Å². The largest absolute Gasteiger partial charge is 0.328 e. The maximum atomic E-state index is 5.91. The van der Waals surface area contributed by atoms with Gasteiger partial charge in [0.1, 0.15) is 0 Å². The van der Waals surface area contributed by atoms with Gasteiger partial charge in [-0.25, -0.2) is 0 Å². The van der Waals surface area contributed by atoms with Crippen LogP contribution in [0.15, 0.2) is 0 Å². The van der Waals surface area contributed by atoms with Gasteiger partial charge in [-0.15, -0.1) is 0 Å². The van der Waals surface area contributed by atoms with E-state index in [1.54, 1.807) is 0 Å². The van der Waals surface area contributed by atoms with E-state index in [4.69, 9.17) is 5.73 Å². The van der Waals surface area contributed by atoms with E-state index in [9.17, 15) is 0 Å². The van der Waals surface area contributed by atoms with Crippen molar-refractivity contribution in [3.8, 4) is 0 Å². The molecule has 2 N–H and O–H groups in total. The Hall–Kier alpha value is -0.0400. The summed E-state index contributed by atoms with van der Waals surface area (Å²) < 4.78 is 0. The normalized spacial score (nSPS) is 39.0. The fraction of sp³-hybridized carbons (Fsp3) is 1.00. The third-order valence-electron chi connectivity index (χ3n) is 3.07. The Kier molecular flexibility index (Phi) is 2.29. The van der Waals surface area contributed by atoms with Gasteiger partial charge >= 0.3 is 0 Å². The lowest BCUT2D eigenvalue weighted by Crippen LogP contribution is -2.28. The Morgan fingerprint density at radius 1 is 1.36 bits per heavy atom. The number of rotatable bonds is 1. The fourth-order valence-corrected chi connectivity index (χ4v) is 2.65. The standard InChI is InChI=1S/C10H21N/c1-7-5-10(3,4)6-9(7)8(2)11/h7-9H,5-6,11H2,1-4H3. The number of hydrogen-bond donors (Lipinski definition) is 1. The average Bonchev–Trinajstić information content (AvgIpc) is 2.05. The fourth-order valence-electron chi connectivity index (χ4n) is 2.65. The third-order valence-corrected chi connectivity index (χ3v) is 3.07.